The van der Waals surface area contributed by atoms with E-state index < -0.39 is 0 Å². The van der Waals surface area contributed by atoms with E-state index in [1.807, 2.05) is 54.6 Å². The molecule has 2 aromatic carbocycles. The third-order valence-electron chi connectivity index (χ3n) is 6.75. The van der Waals surface area contributed by atoms with Crippen LogP contribution in [0.4, 0.5) is 5.82 Å². The summed E-state index contributed by atoms with van der Waals surface area (Å²) in [5, 5.41) is 3.62. The predicted molar refractivity (Wildman–Crippen MR) is 134 cm³/mol. The molecule has 1 amide bonds. The molecule has 1 aliphatic rings. The Bertz CT molecular complexity index is 1280. The Balaban J connectivity index is 1.41. The summed E-state index contributed by atoms with van der Waals surface area (Å²) in [6.07, 6.45) is 8.38. The van der Waals surface area contributed by atoms with Gasteiger partial charge >= 0.3 is 0 Å². The molecule has 34 heavy (non-hydrogen) atoms. The fraction of sp³-hybridized carbons (Fsp3) is 0.296. The maximum absolute atomic E-state index is 11.8. The molecule has 0 saturated heterocycles. The van der Waals surface area contributed by atoms with Crippen LogP contribution in [-0.2, 0) is 4.79 Å². The first-order valence-corrected chi connectivity index (χ1v) is 11.8. The van der Waals surface area contributed by atoms with Gasteiger partial charge in [-0.25, -0.2) is 9.97 Å². The van der Waals surface area contributed by atoms with E-state index in [1.165, 1.54) is 6.33 Å². The first-order chi connectivity index (χ1) is 16.6. The summed E-state index contributed by atoms with van der Waals surface area (Å²) in [5.41, 5.74) is 9.25. The van der Waals surface area contributed by atoms with Crippen molar-refractivity contribution in [1.82, 2.24) is 19.9 Å². The van der Waals surface area contributed by atoms with Gasteiger partial charge in [-0.15, -0.1) is 0 Å². The van der Waals surface area contributed by atoms with Crippen molar-refractivity contribution in [2.45, 2.75) is 38.1 Å². The van der Waals surface area contributed by atoms with Crippen molar-refractivity contribution in [3.63, 3.8) is 0 Å². The minimum atomic E-state index is 0.123. The SMILES string of the molecule is CNC(=O)CC1CCC(n2cc(-c3ccc(Oc4ccccc4)cc3)c3c(N)ncnc32)CC1. The Morgan fingerprint density at radius 1 is 1.03 bits per heavy atom. The Hall–Kier alpha value is -3.87. The van der Waals surface area contributed by atoms with E-state index in [0.717, 1.165) is 59.3 Å². The number of nitrogens with zero attached hydrogens (tertiary/aromatic N) is 3. The molecule has 2 heterocycles. The molecule has 0 unspecified atom stereocenters. The Morgan fingerprint density at radius 2 is 1.74 bits per heavy atom. The van der Waals surface area contributed by atoms with Gasteiger partial charge in [0, 0.05) is 31.3 Å². The van der Waals surface area contributed by atoms with Gasteiger partial charge < -0.3 is 20.4 Å². The molecule has 0 aliphatic heterocycles. The molecular weight excluding hydrogens is 426 g/mol. The number of aromatic nitrogens is 3. The predicted octanol–water partition coefficient (Wildman–Crippen LogP) is 5.34. The van der Waals surface area contributed by atoms with Gasteiger partial charge in [0.1, 0.15) is 29.3 Å². The molecule has 1 aliphatic carbocycles. The highest BCUT2D eigenvalue weighted by Crippen LogP contribution is 2.40. The molecule has 174 valence electrons. The van der Waals surface area contributed by atoms with Crippen LogP contribution in [0.25, 0.3) is 22.2 Å². The molecule has 0 radical (unpaired) electrons. The molecule has 1 saturated carbocycles. The standard InChI is InChI=1S/C27H29N5O2/c1-29-24(33)15-18-7-11-20(12-8-18)32-16-23(25-26(28)30-17-31-27(25)32)19-9-13-22(14-10-19)34-21-5-3-2-4-6-21/h2-6,9-10,13-14,16-18,20H,7-8,11-12,15H2,1H3,(H,29,33)(H2,28,30,31). The number of hydrogen-bond donors (Lipinski definition) is 2. The van der Waals surface area contributed by atoms with Crippen LogP contribution in [0.3, 0.4) is 0 Å². The quantitative estimate of drug-likeness (QED) is 0.409. The topological polar surface area (TPSA) is 95.1 Å². The number of carbonyl (C=O) groups is 1. The summed E-state index contributed by atoms with van der Waals surface area (Å²) in [5.74, 6) is 2.62. The molecule has 0 spiro atoms. The molecule has 7 nitrogen and oxygen atoms in total. The van der Waals surface area contributed by atoms with Crippen LogP contribution in [0.15, 0.2) is 67.1 Å². The minimum Gasteiger partial charge on any atom is -0.457 e. The number of carbonyl (C=O) groups excluding carboxylic acids is 1. The molecule has 0 bridgehead atoms. The zero-order valence-electron chi connectivity index (χ0n) is 19.3. The summed E-state index contributed by atoms with van der Waals surface area (Å²) in [7, 11) is 1.70. The van der Waals surface area contributed by atoms with E-state index in [4.69, 9.17) is 10.5 Å². The largest absolute Gasteiger partial charge is 0.457 e. The number of nitrogen functional groups attached to an aromatic ring is 1. The van der Waals surface area contributed by atoms with Crippen molar-refractivity contribution in [1.29, 1.82) is 0 Å². The number of fused-ring (bicyclic) bond motifs is 1. The van der Waals surface area contributed by atoms with Gasteiger partial charge in [0.15, 0.2) is 0 Å². The van der Waals surface area contributed by atoms with Crippen molar-refractivity contribution >= 4 is 22.8 Å². The van der Waals surface area contributed by atoms with Crippen LogP contribution >= 0.6 is 0 Å². The number of nitrogens with one attached hydrogen (secondary N) is 1. The van der Waals surface area contributed by atoms with Gasteiger partial charge in [-0.1, -0.05) is 30.3 Å². The van der Waals surface area contributed by atoms with E-state index in [2.05, 4.69) is 26.0 Å². The minimum absolute atomic E-state index is 0.123. The normalized spacial score (nSPS) is 18.0. The van der Waals surface area contributed by atoms with Crippen molar-refractivity contribution in [2.24, 2.45) is 5.92 Å². The smallest absolute Gasteiger partial charge is 0.220 e. The highest BCUT2D eigenvalue weighted by molar-refractivity contribution is 6.00. The molecule has 5 rings (SSSR count). The molecule has 4 aromatic rings. The van der Waals surface area contributed by atoms with Gasteiger partial charge in [0.2, 0.25) is 5.91 Å². The number of amides is 1. The van der Waals surface area contributed by atoms with Gasteiger partial charge in [0.25, 0.3) is 0 Å². The average Bonchev–Trinajstić information content (AvgIpc) is 3.26. The van der Waals surface area contributed by atoms with Crippen LogP contribution in [0.2, 0.25) is 0 Å². The Labute approximate surface area is 199 Å². The van der Waals surface area contributed by atoms with Crippen molar-refractivity contribution in [3.05, 3.63) is 67.1 Å². The number of nitrogens with two attached hydrogens (primary N) is 1. The lowest BCUT2D eigenvalue weighted by atomic mass is 9.84. The monoisotopic (exact) mass is 455 g/mol. The molecule has 7 heteroatoms. The Kier molecular flexibility index (Phi) is 6.16. The highest BCUT2D eigenvalue weighted by Gasteiger charge is 2.26. The van der Waals surface area contributed by atoms with Gasteiger partial charge in [-0.05, 0) is 61.4 Å². The number of para-hydroxylation sites is 1. The summed E-state index contributed by atoms with van der Waals surface area (Å²) in [4.78, 5) is 20.6. The lowest BCUT2D eigenvalue weighted by Gasteiger charge is -2.29. The van der Waals surface area contributed by atoms with Gasteiger partial charge in [-0.3, -0.25) is 4.79 Å². The summed E-state index contributed by atoms with van der Waals surface area (Å²) in [6.45, 7) is 0. The third kappa shape index (κ3) is 4.46. The molecule has 3 N–H and O–H groups in total. The second-order valence-corrected chi connectivity index (χ2v) is 8.90. The molecule has 1 fully saturated rings. The second kappa shape index (κ2) is 9.55. The first-order valence-electron chi connectivity index (χ1n) is 11.8. The highest BCUT2D eigenvalue weighted by atomic mass is 16.5. The number of hydrogen-bond acceptors (Lipinski definition) is 5. The van der Waals surface area contributed by atoms with Crippen LogP contribution in [0.1, 0.15) is 38.1 Å². The van der Waals surface area contributed by atoms with E-state index in [0.29, 0.717) is 24.2 Å². The van der Waals surface area contributed by atoms with Crippen LogP contribution < -0.4 is 15.8 Å². The number of benzene rings is 2. The zero-order valence-corrected chi connectivity index (χ0v) is 19.3. The zero-order chi connectivity index (χ0) is 23.5. The number of anilines is 1. The van der Waals surface area contributed by atoms with E-state index in [-0.39, 0.29) is 5.91 Å². The Morgan fingerprint density at radius 3 is 2.44 bits per heavy atom. The van der Waals surface area contributed by atoms with Crippen molar-refractivity contribution in [3.8, 4) is 22.6 Å². The summed E-state index contributed by atoms with van der Waals surface area (Å²) >= 11 is 0. The van der Waals surface area contributed by atoms with Crippen molar-refractivity contribution in [2.75, 3.05) is 12.8 Å². The summed E-state index contributed by atoms with van der Waals surface area (Å²) < 4.78 is 8.20. The average molecular weight is 456 g/mol. The van der Waals surface area contributed by atoms with Crippen LogP contribution in [0, 0.1) is 5.92 Å². The maximum Gasteiger partial charge on any atom is 0.220 e. The fourth-order valence-corrected chi connectivity index (χ4v) is 4.92. The van der Waals surface area contributed by atoms with E-state index in [9.17, 15) is 4.79 Å². The lowest BCUT2D eigenvalue weighted by Crippen LogP contribution is -2.25. The summed E-state index contributed by atoms with van der Waals surface area (Å²) in [6, 6.07) is 18.1. The maximum atomic E-state index is 11.8. The van der Waals surface area contributed by atoms with E-state index >= 15 is 0 Å². The van der Waals surface area contributed by atoms with Gasteiger partial charge in [0.05, 0.1) is 5.39 Å². The van der Waals surface area contributed by atoms with Crippen LogP contribution in [0.5, 0.6) is 11.5 Å². The molecule has 0 atom stereocenters. The third-order valence-corrected chi connectivity index (χ3v) is 6.75. The van der Waals surface area contributed by atoms with Gasteiger partial charge in [-0.2, -0.15) is 0 Å². The first kappa shape index (κ1) is 21.9. The fourth-order valence-electron chi connectivity index (χ4n) is 4.92. The molecular formula is C27H29N5O2. The van der Waals surface area contributed by atoms with Crippen molar-refractivity contribution < 1.29 is 9.53 Å². The lowest BCUT2D eigenvalue weighted by molar-refractivity contribution is -0.121. The van der Waals surface area contributed by atoms with Crippen LogP contribution in [-0.4, -0.2) is 27.5 Å². The second-order valence-electron chi connectivity index (χ2n) is 8.90. The number of ether oxygens (including phenoxy) is 1. The number of rotatable bonds is 6. The molecule has 2 aromatic heterocycles. The van der Waals surface area contributed by atoms with E-state index in [1.54, 1.807) is 7.05 Å².